The van der Waals surface area contributed by atoms with Gasteiger partial charge in [0.25, 0.3) is 0 Å². The number of ketones is 2. The second-order valence-corrected chi connectivity index (χ2v) is 6.87. The molecule has 0 aromatic carbocycles. The number of Topliss-reactive ketones (excluding diaryl/α,β-unsaturated/α-hetero) is 1. The maximum Gasteiger partial charge on any atom is 0.155 e. The number of rotatable bonds is 0. The van der Waals surface area contributed by atoms with Crippen LogP contribution in [0.4, 0.5) is 0 Å². The van der Waals surface area contributed by atoms with E-state index in [-0.39, 0.29) is 22.5 Å². The Morgan fingerprint density at radius 2 is 2.00 bits per heavy atom. The molecule has 0 aromatic rings. The Labute approximate surface area is 126 Å². The Hall–Kier alpha value is -1.62. The Morgan fingerprint density at radius 3 is 2.71 bits per heavy atom. The molecule has 0 aliphatic heterocycles. The lowest BCUT2D eigenvalue weighted by Gasteiger charge is -2.51. The largest absolute Gasteiger partial charge is 0.299 e. The molecule has 1 fully saturated rings. The molecule has 110 valence electrons. The monoisotopic (exact) mass is 282 g/mol. The fourth-order valence-electron chi connectivity index (χ4n) is 4.52. The minimum atomic E-state index is -0.180. The van der Waals surface area contributed by atoms with Gasteiger partial charge in [-0.25, -0.2) is 0 Å². The van der Waals surface area contributed by atoms with Gasteiger partial charge in [-0.3, -0.25) is 9.59 Å². The SMILES string of the molecule is CC#CC12CC=C3C(C)C(=O)CCC3(C)C1=CC(=O)CC2. The lowest BCUT2D eigenvalue weighted by Crippen LogP contribution is -2.45. The predicted molar refractivity (Wildman–Crippen MR) is 82.4 cm³/mol. The van der Waals surface area contributed by atoms with Crippen molar-refractivity contribution in [2.24, 2.45) is 16.7 Å². The summed E-state index contributed by atoms with van der Waals surface area (Å²) in [4.78, 5) is 24.1. The molecule has 1 saturated carbocycles. The minimum absolute atomic E-state index is 0.0192. The van der Waals surface area contributed by atoms with Crippen LogP contribution in [0.3, 0.4) is 0 Å². The van der Waals surface area contributed by atoms with Gasteiger partial charge in [0.2, 0.25) is 0 Å². The van der Waals surface area contributed by atoms with E-state index in [0.717, 1.165) is 19.3 Å². The molecule has 0 bridgehead atoms. The molecule has 2 heteroatoms. The average Bonchev–Trinajstić information content (AvgIpc) is 2.45. The molecule has 0 heterocycles. The number of allylic oxidation sites excluding steroid dienone is 4. The third-order valence-electron chi connectivity index (χ3n) is 5.71. The van der Waals surface area contributed by atoms with Crippen LogP contribution < -0.4 is 0 Å². The molecule has 2 nitrogen and oxygen atoms in total. The smallest absolute Gasteiger partial charge is 0.155 e. The Kier molecular flexibility index (Phi) is 3.20. The van der Waals surface area contributed by atoms with E-state index >= 15 is 0 Å². The number of hydrogen-bond donors (Lipinski definition) is 0. The molecule has 3 atom stereocenters. The highest BCUT2D eigenvalue weighted by molar-refractivity contribution is 5.93. The topological polar surface area (TPSA) is 34.1 Å². The summed E-state index contributed by atoms with van der Waals surface area (Å²) >= 11 is 0. The summed E-state index contributed by atoms with van der Waals surface area (Å²) in [5.74, 6) is 7.00. The standard InChI is InChI=1S/C19H22O2/c1-4-8-19-10-5-14(20)12-17(19)18(3)9-7-16(21)13(2)15(18)6-11-19/h6,12-13H,5,7,9-11H2,1-3H3. The maximum atomic E-state index is 12.1. The van der Waals surface area contributed by atoms with Crippen molar-refractivity contribution in [3.63, 3.8) is 0 Å². The molecule has 0 amide bonds. The van der Waals surface area contributed by atoms with Crippen molar-refractivity contribution in [1.82, 2.24) is 0 Å². The summed E-state index contributed by atoms with van der Waals surface area (Å²) in [5.41, 5.74) is 2.05. The molecule has 3 unspecified atom stereocenters. The first-order valence-electron chi connectivity index (χ1n) is 7.85. The zero-order valence-electron chi connectivity index (χ0n) is 13.1. The zero-order chi connectivity index (χ0) is 15.3. The van der Waals surface area contributed by atoms with E-state index in [1.807, 2.05) is 19.9 Å². The Balaban J connectivity index is 2.19. The van der Waals surface area contributed by atoms with Crippen molar-refractivity contribution >= 4 is 11.6 Å². The summed E-state index contributed by atoms with van der Waals surface area (Å²) in [5, 5.41) is 0. The van der Waals surface area contributed by atoms with Crippen LogP contribution in [0.1, 0.15) is 52.9 Å². The van der Waals surface area contributed by atoms with Crippen LogP contribution in [-0.2, 0) is 9.59 Å². The first-order valence-corrected chi connectivity index (χ1v) is 7.85. The van der Waals surface area contributed by atoms with E-state index in [9.17, 15) is 9.59 Å². The van der Waals surface area contributed by atoms with Crippen LogP contribution in [0.2, 0.25) is 0 Å². The van der Waals surface area contributed by atoms with Gasteiger partial charge < -0.3 is 0 Å². The van der Waals surface area contributed by atoms with Gasteiger partial charge in [-0.15, -0.1) is 5.92 Å². The molecular weight excluding hydrogens is 260 g/mol. The summed E-state index contributed by atoms with van der Waals surface area (Å²) in [6, 6.07) is 0. The second kappa shape index (κ2) is 4.70. The molecule has 3 aliphatic carbocycles. The van der Waals surface area contributed by atoms with E-state index in [1.165, 1.54) is 11.1 Å². The highest BCUT2D eigenvalue weighted by Gasteiger charge is 2.52. The zero-order valence-corrected chi connectivity index (χ0v) is 13.1. The summed E-state index contributed by atoms with van der Waals surface area (Å²) < 4.78 is 0. The van der Waals surface area contributed by atoms with E-state index in [2.05, 4.69) is 24.8 Å². The van der Waals surface area contributed by atoms with Crippen LogP contribution in [-0.4, -0.2) is 11.6 Å². The van der Waals surface area contributed by atoms with Gasteiger partial charge >= 0.3 is 0 Å². The van der Waals surface area contributed by atoms with E-state index in [0.29, 0.717) is 18.6 Å². The molecule has 0 radical (unpaired) electrons. The van der Waals surface area contributed by atoms with Gasteiger partial charge in [-0.05, 0) is 37.8 Å². The highest BCUT2D eigenvalue weighted by Crippen LogP contribution is 2.59. The number of hydrogen-bond acceptors (Lipinski definition) is 2. The normalized spacial score (nSPS) is 38.5. The molecular formula is C19H22O2. The molecule has 3 aliphatic rings. The van der Waals surface area contributed by atoms with Gasteiger partial charge in [-0.2, -0.15) is 0 Å². The average molecular weight is 282 g/mol. The summed E-state index contributed by atoms with van der Waals surface area (Å²) in [6.45, 7) is 6.09. The first kappa shape index (κ1) is 14.3. The van der Waals surface area contributed by atoms with Gasteiger partial charge in [0, 0.05) is 24.2 Å². The molecule has 3 rings (SSSR count). The molecule has 21 heavy (non-hydrogen) atoms. The van der Waals surface area contributed by atoms with Crippen molar-refractivity contribution in [3.8, 4) is 11.8 Å². The van der Waals surface area contributed by atoms with Crippen molar-refractivity contribution in [1.29, 1.82) is 0 Å². The fraction of sp³-hybridized carbons (Fsp3) is 0.579. The van der Waals surface area contributed by atoms with Crippen molar-refractivity contribution in [2.45, 2.75) is 52.9 Å². The second-order valence-electron chi connectivity index (χ2n) is 6.87. The predicted octanol–water partition coefficient (Wildman–Crippen LogP) is 3.62. The van der Waals surface area contributed by atoms with Crippen molar-refractivity contribution in [2.75, 3.05) is 0 Å². The van der Waals surface area contributed by atoms with Crippen LogP contribution in [0, 0.1) is 28.6 Å². The van der Waals surface area contributed by atoms with Crippen LogP contribution in [0.25, 0.3) is 0 Å². The van der Waals surface area contributed by atoms with Gasteiger partial charge in [0.1, 0.15) is 5.78 Å². The van der Waals surface area contributed by atoms with E-state index in [1.54, 1.807) is 0 Å². The van der Waals surface area contributed by atoms with Crippen LogP contribution in [0.5, 0.6) is 0 Å². The maximum absolute atomic E-state index is 12.1. The summed E-state index contributed by atoms with van der Waals surface area (Å²) in [6.07, 6.45) is 7.77. The number of carbonyl (C=O) groups excluding carboxylic acids is 2. The van der Waals surface area contributed by atoms with Crippen LogP contribution in [0.15, 0.2) is 23.3 Å². The number of fused-ring (bicyclic) bond motifs is 3. The van der Waals surface area contributed by atoms with Crippen molar-refractivity contribution < 1.29 is 9.59 Å². The molecule has 0 N–H and O–H groups in total. The lowest BCUT2D eigenvalue weighted by atomic mass is 9.51. The summed E-state index contributed by atoms with van der Waals surface area (Å²) in [7, 11) is 0. The molecule has 0 saturated heterocycles. The fourth-order valence-corrected chi connectivity index (χ4v) is 4.52. The lowest BCUT2D eigenvalue weighted by molar-refractivity contribution is -0.123. The van der Waals surface area contributed by atoms with Crippen LogP contribution >= 0.6 is 0 Å². The van der Waals surface area contributed by atoms with Gasteiger partial charge in [0.05, 0.1) is 5.41 Å². The third-order valence-corrected chi connectivity index (χ3v) is 5.71. The minimum Gasteiger partial charge on any atom is -0.299 e. The molecule has 0 aromatic heterocycles. The highest BCUT2D eigenvalue weighted by atomic mass is 16.1. The quantitative estimate of drug-likeness (QED) is 0.502. The Morgan fingerprint density at radius 1 is 1.24 bits per heavy atom. The number of carbonyl (C=O) groups is 2. The Bertz CT molecular complexity index is 640. The third kappa shape index (κ3) is 1.94. The first-order chi connectivity index (χ1) is 9.93. The molecule has 0 spiro atoms. The van der Waals surface area contributed by atoms with Gasteiger partial charge in [0.15, 0.2) is 5.78 Å². The van der Waals surface area contributed by atoms with Crippen molar-refractivity contribution in [3.05, 3.63) is 23.3 Å². The van der Waals surface area contributed by atoms with E-state index < -0.39 is 0 Å². The van der Waals surface area contributed by atoms with Gasteiger partial charge in [-0.1, -0.05) is 31.4 Å². The van der Waals surface area contributed by atoms with E-state index in [4.69, 9.17) is 0 Å².